The van der Waals surface area contributed by atoms with Crippen molar-refractivity contribution in [3.8, 4) is 0 Å². The lowest BCUT2D eigenvalue weighted by molar-refractivity contribution is -0.133. The van der Waals surface area contributed by atoms with E-state index in [4.69, 9.17) is 5.41 Å². The lowest BCUT2D eigenvalue weighted by atomic mass is 10.3. The van der Waals surface area contributed by atoms with Crippen molar-refractivity contribution < 1.29 is 13.2 Å². The van der Waals surface area contributed by atoms with E-state index in [1.54, 1.807) is 0 Å². The summed E-state index contributed by atoms with van der Waals surface area (Å²) in [7, 11) is 0. The first kappa shape index (κ1) is 15.7. The molecular formula is C9H11BrF3IN4. The molecule has 0 aromatic rings. The molecule has 1 rings (SSSR count). The Hall–Kier alpha value is -0.320. The second kappa shape index (κ2) is 6.73. The number of amidine groups is 1. The van der Waals surface area contributed by atoms with Crippen LogP contribution in [0.5, 0.6) is 0 Å². The lowest BCUT2D eigenvalue weighted by Crippen LogP contribution is -2.33. The van der Waals surface area contributed by atoms with E-state index in [0.29, 0.717) is 18.1 Å². The van der Waals surface area contributed by atoms with Gasteiger partial charge in [0.15, 0.2) is 0 Å². The normalized spacial score (nSPS) is 20.4. The van der Waals surface area contributed by atoms with Gasteiger partial charge in [0.05, 0.1) is 27.3 Å². The third kappa shape index (κ3) is 6.03. The molecule has 4 nitrogen and oxygen atoms in total. The van der Waals surface area contributed by atoms with Crippen molar-refractivity contribution >= 4 is 49.0 Å². The summed E-state index contributed by atoms with van der Waals surface area (Å²) >= 11 is 5.07. The zero-order valence-corrected chi connectivity index (χ0v) is 12.9. The van der Waals surface area contributed by atoms with Gasteiger partial charge in [0, 0.05) is 6.54 Å². The Morgan fingerprint density at radius 2 is 2.33 bits per heavy atom. The average molecular weight is 439 g/mol. The van der Waals surface area contributed by atoms with Crippen LogP contribution < -0.4 is 10.6 Å². The van der Waals surface area contributed by atoms with Gasteiger partial charge in [-0.1, -0.05) is 22.6 Å². The Balaban J connectivity index is 2.61. The Morgan fingerprint density at radius 3 is 2.78 bits per heavy atom. The Labute approximate surface area is 124 Å². The Bertz CT molecular complexity index is 380. The molecule has 102 valence electrons. The molecule has 1 unspecified atom stereocenters. The van der Waals surface area contributed by atoms with Crippen molar-refractivity contribution in [3.05, 3.63) is 11.8 Å². The first-order valence-electron chi connectivity index (χ1n) is 5.00. The van der Waals surface area contributed by atoms with Crippen molar-refractivity contribution in [2.24, 2.45) is 4.99 Å². The highest BCUT2D eigenvalue weighted by molar-refractivity contribution is 14.1. The van der Waals surface area contributed by atoms with Crippen LogP contribution in [0.4, 0.5) is 13.2 Å². The molecule has 0 amide bonds. The quantitative estimate of drug-likeness (QED) is 0.267. The first-order chi connectivity index (χ1) is 8.28. The van der Waals surface area contributed by atoms with Crippen LogP contribution in [0.1, 0.15) is 6.42 Å². The van der Waals surface area contributed by atoms with Crippen LogP contribution in [0.15, 0.2) is 16.8 Å². The fraction of sp³-hybridized carbons (Fsp3) is 0.556. The van der Waals surface area contributed by atoms with Gasteiger partial charge < -0.3 is 10.6 Å². The summed E-state index contributed by atoms with van der Waals surface area (Å²) in [4.78, 5) is 4.15. The maximum atomic E-state index is 12.0. The van der Waals surface area contributed by atoms with Gasteiger partial charge >= 0.3 is 6.18 Å². The van der Waals surface area contributed by atoms with Crippen LogP contribution in [-0.2, 0) is 0 Å². The van der Waals surface area contributed by atoms with Crippen molar-refractivity contribution in [1.82, 2.24) is 10.6 Å². The molecule has 0 saturated carbocycles. The summed E-state index contributed by atoms with van der Waals surface area (Å²) in [6.45, 7) is 0.312. The van der Waals surface area contributed by atoms with Gasteiger partial charge in [-0.25, -0.2) is 0 Å². The first-order valence-corrected chi connectivity index (χ1v) is 7.03. The van der Waals surface area contributed by atoms with Gasteiger partial charge in [-0.05, 0) is 22.0 Å². The standard InChI is InChI=1S/C9H11BrF3IN4/c10-6(15)3-5(8-17-4-7(14)18-8)16-2-1-9(11,12)13/h3,7,15-16H,1-2,4H2,(H,17,18)/b5-3+,15-6?. The molecule has 0 saturated heterocycles. The molecule has 9 heteroatoms. The van der Waals surface area contributed by atoms with E-state index in [2.05, 4.69) is 54.1 Å². The number of halogens is 5. The molecule has 0 radical (unpaired) electrons. The summed E-state index contributed by atoms with van der Waals surface area (Å²) < 4.78 is 36.3. The van der Waals surface area contributed by atoms with Crippen LogP contribution in [0.2, 0.25) is 0 Å². The minimum atomic E-state index is -4.20. The second-order valence-corrected chi connectivity index (χ2v) is 5.86. The number of alkyl halides is 4. The highest BCUT2D eigenvalue weighted by Crippen LogP contribution is 2.18. The predicted molar refractivity (Wildman–Crippen MR) is 76.7 cm³/mol. The molecule has 1 atom stereocenters. The molecule has 0 aromatic carbocycles. The van der Waals surface area contributed by atoms with Crippen LogP contribution in [-0.4, -0.2) is 33.8 Å². The maximum Gasteiger partial charge on any atom is 0.390 e. The van der Waals surface area contributed by atoms with Gasteiger partial charge in [0.2, 0.25) is 0 Å². The highest BCUT2D eigenvalue weighted by atomic mass is 127. The largest absolute Gasteiger partial charge is 0.390 e. The van der Waals surface area contributed by atoms with Crippen LogP contribution in [0.3, 0.4) is 0 Å². The fourth-order valence-corrected chi connectivity index (χ4v) is 1.96. The number of nitrogens with zero attached hydrogens (tertiary/aromatic N) is 1. The topological polar surface area (TPSA) is 60.3 Å². The van der Waals surface area contributed by atoms with E-state index < -0.39 is 12.6 Å². The van der Waals surface area contributed by atoms with E-state index in [1.807, 2.05) is 0 Å². The van der Waals surface area contributed by atoms with Gasteiger partial charge in [0.25, 0.3) is 0 Å². The summed E-state index contributed by atoms with van der Waals surface area (Å²) in [5.41, 5.74) is 0.389. The SMILES string of the molecule is N=C(Br)/C=C(/NCCC(F)(F)F)C1=NCC(I)N1. The zero-order chi connectivity index (χ0) is 13.8. The Kier molecular flexibility index (Phi) is 5.89. The van der Waals surface area contributed by atoms with Gasteiger partial charge in [-0.15, -0.1) is 0 Å². The number of hydrogen-bond acceptors (Lipinski definition) is 4. The zero-order valence-electron chi connectivity index (χ0n) is 9.11. The summed E-state index contributed by atoms with van der Waals surface area (Å²) in [6.07, 6.45) is -3.74. The monoisotopic (exact) mass is 438 g/mol. The molecule has 1 aliphatic rings. The molecule has 0 aliphatic carbocycles. The molecule has 18 heavy (non-hydrogen) atoms. The van der Waals surface area contributed by atoms with Crippen LogP contribution in [0.25, 0.3) is 0 Å². The molecule has 3 N–H and O–H groups in total. The number of rotatable bonds is 5. The number of hydrogen-bond donors (Lipinski definition) is 3. The molecule has 1 heterocycles. The van der Waals surface area contributed by atoms with E-state index in [0.717, 1.165) is 0 Å². The van der Waals surface area contributed by atoms with Crippen molar-refractivity contribution in [2.45, 2.75) is 16.6 Å². The Morgan fingerprint density at radius 1 is 1.67 bits per heavy atom. The van der Waals surface area contributed by atoms with Crippen molar-refractivity contribution in [2.75, 3.05) is 13.1 Å². The smallest absolute Gasteiger partial charge is 0.382 e. The summed E-state index contributed by atoms with van der Waals surface area (Å²) in [5, 5.41) is 12.9. The third-order valence-electron chi connectivity index (χ3n) is 1.95. The second-order valence-electron chi connectivity index (χ2n) is 3.50. The minimum absolute atomic E-state index is 0.0680. The molecule has 0 bridgehead atoms. The van der Waals surface area contributed by atoms with E-state index in [9.17, 15) is 13.2 Å². The maximum absolute atomic E-state index is 12.0. The minimum Gasteiger partial charge on any atom is -0.382 e. The number of nitrogens with one attached hydrogen (secondary N) is 3. The lowest BCUT2D eigenvalue weighted by Gasteiger charge is -2.13. The molecule has 1 aliphatic heterocycles. The number of aliphatic imine (C=N–C) groups is 1. The molecule has 0 fully saturated rings. The molecule has 0 spiro atoms. The van der Waals surface area contributed by atoms with Gasteiger partial charge in [-0.2, -0.15) is 13.2 Å². The van der Waals surface area contributed by atoms with Gasteiger partial charge in [0.1, 0.15) is 5.84 Å². The fourth-order valence-electron chi connectivity index (χ4n) is 1.24. The van der Waals surface area contributed by atoms with Crippen molar-refractivity contribution in [1.29, 1.82) is 5.41 Å². The highest BCUT2D eigenvalue weighted by Gasteiger charge is 2.27. The average Bonchev–Trinajstić information content (AvgIpc) is 2.61. The van der Waals surface area contributed by atoms with Crippen LogP contribution in [0, 0.1) is 5.41 Å². The summed E-state index contributed by atoms with van der Waals surface area (Å²) in [5.74, 6) is 0.487. The van der Waals surface area contributed by atoms with Gasteiger partial charge in [-0.3, -0.25) is 10.4 Å². The molecular weight excluding hydrogens is 428 g/mol. The van der Waals surface area contributed by atoms with E-state index in [1.165, 1.54) is 6.08 Å². The predicted octanol–water partition coefficient (Wildman–Crippen LogP) is 2.55. The summed E-state index contributed by atoms with van der Waals surface area (Å²) in [6, 6.07) is 0. The number of allylic oxidation sites excluding steroid dienone is 1. The van der Waals surface area contributed by atoms with Crippen molar-refractivity contribution in [3.63, 3.8) is 0 Å². The third-order valence-corrected chi connectivity index (χ3v) is 2.89. The van der Waals surface area contributed by atoms with Crippen LogP contribution >= 0.6 is 38.5 Å². The molecule has 0 aromatic heterocycles. The van der Waals surface area contributed by atoms with E-state index >= 15 is 0 Å². The van der Waals surface area contributed by atoms with E-state index in [-0.39, 0.29) is 15.2 Å².